The molecule has 2 atom stereocenters. The summed E-state index contributed by atoms with van der Waals surface area (Å²) in [6.07, 6.45) is 7.38. The first-order valence-electron chi connectivity index (χ1n) is 8.49. The normalized spacial score (nSPS) is 16.3. The zero-order valence-corrected chi connectivity index (χ0v) is 13.9. The van der Waals surface area contributed by atoms with Gasteiger partial charge >= 0.3 is 0 Å². The number of amides is 1. The number of aromatic nitrogens is 1. The van der Waals surface area contributed by atoms with E-state index in [9.17, 15) is 4.79 Å². The van der Waals surface area contributed by atoms with Crippen molar-refractivity contribution >= 4 is 11.6 Å². The first kappa shape index (κ1) is 15.7. The molecule has 0 fully saturated rings. The minimum atomic E-state index is 0.124. The molecule has 0 aliphatic carbocycles. The second kappa shape index (κ2) is 6.95. The van der Waals surface area contributed by atoms with Gasteiger partial charge in [-0.1, -0.05) is 38.5 Å². The van der Waals surface area contributed by atoms with Crippen molar-refractivity contribution in [3.63, 3.8) is 0 Å². The smallest absolute Gasteiger partial charge is 0.224 e. The van der Waals surface area contributed by atoms with E-state index in [4.69, 9.17) is 0 Å². The quantitative estimate of drug-likeness (QED) is 0.893. The minimum Gasteiger partial charge on any atom is -0.326 e. The molecule has 2 aromatic rings. The molecule has 1 N–H and O–H groups in total. The Balaban J connectivity index is 1.89. The third kappa shape index (κ3) is 3.61. The molecule has 0 saturated carbocycles. The van der Waals surface area contributed by atoms with Gasteiger partial charge in [0.1, 0.15) is 0 Å². The number of aryl methyl sites for hydroxylation is 1. The minimum absolute atomic E-state index is 0.124. The molecular formula is C20H24N2O. The molecule has 1 aromatic carbocycles. The fourth-order valence-electron chi connectivity index (χ4n) is 3.34. The maximum absolute atomic E-state index is 11.5. The SMILES string of the molecule is CCC(C)C(Cc1cccnc1)c1ccc2c(c1)CCC(=O)N2. The van der Waals surface area contributed by atoms with E-state index >= 15 is 0 Å². The number of nitrogens with one attached hydrogen (secondary N) is 1. The van der Waals surface area contributed by atoms with Gasteiger partial charge in [0.05, 0.1) is 0 Å². The number of nitrogens with zero attached hydrogens (tertiary/aromatic N) is 1. The van der Waals surface area contributed by atoms with Crippen LogP contribution in [-0.2, 0) is 17.6 Å². The molecule has 2 unspecified atom stereocenters. The van der Waals surface area contributed by atoms with Gasteiger partial charge in [-0.05, 0) is 53.5 Å². The van der Waals surface area contributed by atoms with Crippen LogP contribution < -0.4 is 5.32 Å². The Labute approximate surface area is 138 Å². The van der Waals surface area contributed by atoms with Crippen molar-refractivity contribution in [1.82, 2.24) is 4.98 Å². The molecule has 0 saturated heterocycles. The van der Waals surface area contributed by atoms with Crippen molar-refractivity contribution in [3.05, 3.63) is 59.4 Å². The van der Waals surface area contributed by atoms with E-state index < -0.39 is 0 Å². The number of anilines is 1. The number of pyridine rings is 1. The van der Waals surface area contributed by atoms with Crippen molar-refractivity contribution in [2.24, 2.45) is 5.92 Å². The van der Waals surface area contributed by atoms with Crippen LogP contribution in [0.1, 0.15) is 49.3 Å². The lowest BCUT2D eigenvalue weighted by molar-refractivity contribution is -0.116. The van der Waals surface area contributed by atoms with Gasteiger partial charge in [-0.2, -0.15) is 0 Å². The van der Waals surface area contributed by atoms with Gasteiger partial charge in [0, 0.05) is 24.5 Å². The first-order valence-corrected chi connectivity index (χ1v) is 8.49. The van der Waals surface area contributed by atoms with Crippen LogP contribution in [0, 0.1) is 5.92 Å². The Bertz CT molecular complexity index is 681. The standard InChI is InChI=1S/C20H24N2O/c1-3-14(2)18(11-15-5-4-10-21-13-15)16-6-8-19-17(12-16)7-9-20(23)22-19/h4-6,8,10,12-14,18H,3,7,9,11H2,1-2H3,(H,22,23). The molecule has 23 heavy (non-hydrogen) atoms. The summed E-state index contributed by atoms with van der Waals surface area (Å²) in [4.78, 5) is 15.8. The molecule has 0 spiro atoms. The molecule has 1 aliphatic heterocycles. The lowest BCUT2D eigenvalue weighted by Crippen LogP contribution is -2.20. The van der Waals surface area contributed by atoms with Gasteiger partial charge in [-0.3, -0.25) is 9.78 Å². The fraction of sp³-hybridized carbons (Fsp3) is 0.400. The molecule has 1 amide bonds. The predicted octanol–water partition coefficient (Wildman–Crippen LogP) is 4.34. The number of fused-ring (bicyclic) bond motifs is 1. The van der Waals surface area contributed by atoms with E-state index in [-0.39, 0.29) is 5.91 Å². The number of benzene rings is 1. The van der Waals surface area contributed by atoms with Crippen molar-refractivity contribution in [2.75, 3.05) is 5.32 Å². The maximum atomic E-state index is 11.5. The molecule has 1 aliphatic rings. The lowest BCUT2D eigenvalue weighted by atomic mass is 9.80. The van der Waals surface area contributed by atoms with E-state index in [0.717, 1.165) is 24.9 Å². The summed E-state index contributed by atoms with van der Waals surface area (Å²) < 4.78 is 0. The van der Waals surface area contributed by atoms with Crippen molar-refractivity contribution in [1.29, 1.82) is 0 Å². The molecule has 2 heterocycles. The van der Waals surface area contributed by atoms with Crippen molar-refractivity contribution in [2.45, 2.75) is 45.4 Å². The van der Waals surface area contributed by atoms with Crippen LogP contribution in [0.3, 0.4) is 0 Å². The number of carbonyl (C=O) groups is 1. The topological polar surface area (TPSA) is 42.0 Å². The largest absolute Gasteiger partial charge is 0.326 e. The van der Waals surface area contributed by atoms with E-state index in [1.165, 1.54) is 16.7 Å². The summed E-state index contributed by atoms with van der Waals surface area (Å²) in [6, 6.07) is 10.7. The predicted molar refractivity (Wildman–Crippen MR) is 93.5 cm³/mol. The Morgan fingerprint density at radius 3 is 2.87 bits per heavy atom. The van der Waals surface area contributed by atoms with Crippen molar-refractivity contribution in [3.8, 4) is 0 Å². The lowest BCUT2D eigenvalue weighted by Gasteiger charge is -2.26. The number of carbonyl (C=O) groups excluding carboxylic acids is 1. The van der Waals surface area contributed by atoms with Crippen LogP contribution in [0.4, 0.5) is 5.69 Å². The third-order valence-corrected chi connectivity index (χ3v) is 4.96. The summed E-state index contributed by atoms with van der Waals surface area (Å²) in [5.74, 6) is 1.21. The van der Waals surface area contributed by atoms with E-state index in [2.05, 4.69) is 48.4 Å². The van der Waals surface area contributed by atoms with Crippen LogP contribution in [0.2, 0.25) is 0 Å². The highest BCUT2D eigenvalue weighted by Gasteiger charge is 2.21. The van der Waals surface area contributed by atoms with E-state index in [0.29, 0.717) is 18.3 Å². The first-order chi connectivity index (χ1) is 11.2. The maximum Gasteiger partial charge on any atom is 0.224 e. The molecule has 0 radical (unpaired) electrons. The zero-order valence-electron chi connectivity index (χ0n) is 13.9. The highest BCUT2D eigenvalue weighted by atomic mass is 16.1. The second-order valence-electron chi connectivity index (χ2n) is 6.52. The van der Waals surface area contributed by atoms with Gasteiger partial charge in [0.25, 0.3) is 0 Å². The average Bonchev–Trinajstić information content (AvgIpc) is 2.59. The van der Waals surface area contributed by atoms with Crippen molar-refractivity contribution < 1.29 is 4.79 Å². The molecule has 120 valence electrons. The Kier molecular flexibility index (Phi) is 4.75. The van der Waals surface area contributed by atoms with Crippen LogP contribution in [0.5, 0.6) is 0 Å². The summed E-state index contributed by atoms with van der Waals surface area (Å²) in [6.45, 7) is 4.57. The molecule has 1 aromatic heterocycles. The number of hydrogen-bond acceptors (Lipinski definition) is 2. The van der Waals surface area contributed by atoms with Gasteiger partial charge < -0.3 is 5.32 Å². The second-order valence-corrected chi connectivity index (χ2v) is 6.52. The van der Waals surface area contributed by atoms with E-state index in [1.54, 1.807) is 0 Å². The summed E-state index contributed by atoms with van der Waals surface area (Å²) >= 11 is 0. The van der Waals surface area contributed by atoms with Crippen LogP contribution in [0.25, 0.3) is 0 Å². The van der Waals surface area contributed by atoms with Gasteiger partial charge in [-0.15, -0.1) is 0 Å². The molecular weight excluding hydrogens is 284 g/mol. The average molecular weight is 308 g/mol. The highest BCUT2D eigenvalue weighted by Crippen LogP contribution is 2.34. The Hall–Kier alpha value is -2.16. The molecule has 3 heteroatoms. The van der Waals surface area contributed by atoms with Crippen LogP contribution in [-0.4, -0.2) is 10.9 Å². The van der Waals surface area contributed by atoms with Crippen LogP contribution >= 0.6 is 0 Å². The number of rotatable bonds is 5. The summed E-state index contributed by atoms with van der Waals surface area (Å²) in [5, 5.41) is 2.97. The number of hydrogen-bond donors (Lipinski definition) is 1. The summed E-state index contributed by atoms with van der Waals surface area (Å²) in [5.41, 5.74) is 4.90. The summed E-state index contributed by atoms with van der Waals surface area (Å²) in [7, 11) is 0. The zero-order chi connectivity index (χ0) is 16.2. The monoisotopic (exact) mass is 308 g/mol. The van der Waals surface area contributed by atoms with Crippen LogP contribution in [0.15, 0.2) is 42.7 Å². The van der Waals surface area contributed by atoms with Gasteiger partial charge in [0.2, 0.25) is 5.91 Å². The van der Waals surface area contributed by atoms with Gasteiger partial charge in [-0.25, -0.2) is 0 Å². The fourth-order valence-corrected chi connectivity index (χ4v) is 3.34. The Morgan fingerprint density at radius 1 is 1.26 bits per heavy atom. The third-order valence-electron chi connectivity index (χ3n) is 4.96. The molecule has 3 rings (SSSR count). The van der Waals surface area contributed by atoms with Gasteiger partial charge in [0.15, 0.2) is 0 Å². The molecule has 3 nitrogen and oxygen atoms in total. The van der Waals surface area contributed by atoms with E-state index in [1.807, 2.05) is 18.5 Å². The Morgan fingerprint density at radius 2 is 2.13 bits per heavy atom. The molecule has 0 bridgehead atoms. The highest BCUT2D eigenvalue weighted by molar-refractivity contribution is 5.93.